The molecule has 0 aliphatic rings. The number of benzene rings is 1. The van der Waals surface area contributed by atoms with Crippen molar-refractivity contribution in [1.29, 1.82) is 0 Å². The summed E-state index contributed by atoms with van der Waals surface area (Å²) < 4.78 is 5.08. The molecule has 1 rings (SSSR count). The van der Waals surface area contributed by atoms with Gasteiger partial charge >= 0.3 is 6.09 Å². The van der Waals surface area contributed by atoms with Gasteiger partial charge in [-0.1, -0.05) is 31.0 Å². The Morgan fingerprint density at radius 2 is 2.25 bits per heavy atom. The van der Waals surface area contributed by atoms with Crippen LogP contribution in [0.4, 0.5) is 10.5 Å². The molecule has 0 heterocycles. The quantitative estimate of drug-likeness (QED) is 0.752. The first-order valence-corrected chi connectivity index (χ1v) is 5.69. The molecule has 0 fully saturated rings. The van der Waals surface area contributed by atoms with E-state index >= 15 is 0 Å². The Morgan fingerprint density at radius 1 is 1.50 bits per heavy atom. The molecule has 1 aromatic carbocycles. The summed E-state index contributed by atoms with van der Waals surface area (Å²) in [5.74, 6) is 0. The van der Waals surface area contributed by atoms with Crippen molar-refractivity contribution in [3.63, 3.8) is 0 Å². The Balaban J connectivity index is 2.56. The van der Waals surface area contributed by atoms with Gasteiger partial charge in [0, 0.05) is 17.8 Å². The number of carbonyl (C=O) groups is 1. The first kappa shape index (κ1) is 12.8. The predicted octanol–water partition coefficient (Wildman–Crippen LogP) is 3.71. The molecule has 0 aliphatic carbocycles. The van der Waals surface area contributed by atoms with E-state index < -0.39 is 0 Å². The second-order valence-electron chi connectivity index (χ2n) is 3.51. The van der Waals surface area contributed by atoms with Gasteiger partial charge in [0.25, 0.3) is 0 Å². The fraction of sp³-hybridized carbons (Fsp3) is 0.417. The molecule has 0 radical (unpaired) electrons. The van der Waals surface area contributed by atoms with Crippen LogP contribution >= 0.6 is 11.6 Å². The van der Waals surface area contributed by atoms with E-state index in [1.54, 1.807) is 25.2 Å². The van der Waals surface area contributed by atoms with Gasteiger partial charge in [-0.05, 0) is 24.6 Å². The number of nitrogens with zero attached hydrogens (tertiary/aromatic N) is 1. The van der Waals surface area contributed by atoms with Gasteiger partial charge in [0.2, 0.25) is 0 Å². The number of hydrogen-bond donors (Lipinski definition) is 0. The maximum absolute atomic E-state index is 11.6. The van der Waals surface area contributed by atoms with E-state index in [-0.39, 0.29) is 6.09 Å². The lowest BCUT2D eigenvalue weighted by Gasteiger charge is -2.17. The van der Waals surface area contributed by atoms with Crippen LogP contribution in [0.1, 0.15) is 19.8 Å². The second-order valence-corrected chi connectivity index (χ2v) is 3.94. The zero-order valence-electron chi connectivity index (χ0n) is 9.57. The molecule has 0 atom stereocenters. The summed E-state index contributed by atoms with van der Waals surface area (Å²) in [6, 6.07) is 7.10. The van der Waals surface area contributed by atoms with Gasteiger partial charge in [-0.15, -0.1) is 0 Å². The number of amides is 1. The van der Waals surface area contributed by atoms with E-state index in [0.29, 0.717) is 11.6 Å². The number of carbonyl (C=O) groups excluding carboxylic acids is 1. The van der Waals surface area contributed by atoms with Crippen LogP contribution in [0.2, 0.25) is 5.02 Å². The fourth-order valence-electron chi connectivity index (χ4n) is 1.19. The Kier molecular flexibility index (Phi) is 5.12. The lowest BCUT2D eigenvalue weighted by molar-refractivity contribution is 0.153. The van der Waals surface area contributed by atoms with E-state index in [1.165, 1.54) is 4.90 Å². The van der Waals surface area contributed by atoms with Gasteiger partial charge in [0.1, 0.15) is 0 Å². The summed E-state index contributed by atoms with van der Waals surface area (Å²) >= 11 is 5.84. The molecular formula is C12H16ClNO2. The highest BCUT2D eigenvalue weighted by atomic mass is 35.5. The van der Waals surface area contributed by atoms with Crippen LogP contribution in [0, 0.1) is 0 Å². The van der Waals surface area contributed by atoms with Crippen molar-refractivity contribution < 1.29 is 9.53 Å². The van der Waals surface area contributed by atoms with Crippen LogP contribution < -0.4 is 4.90 Å². The minimum atomic E-state index is -0.351. The second kappa shape index (κ2) is 6.38. The van der Waals surface area contributed by atoms with Crippen molar-refractivity contribution in [1.82, 2.24) is 0 Å². The number of hydrogen-bond acceptors (Lipinski definition) is 2. The number of halogens is 1. The van der Waals surface area contributed by atoms with Gasteiger partial charge in [0.15, 0.2) is 0 Å². The molecule has 88 valence electrons. The SMILES string of the molecule is CCCCOC(=O)N(C)c1cccc(Cl)c1. The Morgan fingerprint density at radius 3 is 2.88 bits per heavy atom. The van der Waals surface area contributed by atoms with Crippen LogP contribution in [-0.4, -0.2) is 19.7 Å². The van der Waals surface area contributed by atoms with Crippen molar-refractivity contribution >= 4 is 23.4 Å². The van der Waals surface area contributed by atoms with E-state index in [2.05, 4.69) is 6.92 Å². The maximum atomic E-state index is 11.6. The summed E-state index contributed by atoms with van der Waals surface area (Å²) in [6.45, 7) is 2.51. The van der Waals surface area contributed by atoms with Crippen LogP contribution in [0.15, 0.2) is 24.3 Å². The third kappa shape index (κ3) is 3.74. The highest BCUT2D eigenvalue weighted by Crippen LogP contribution is 2.18. The van der Waals surface area contributed by atoms with E-state index in [0.717, 1.165) is 18.5 Å². The van der Waals surface area contributed by atoms with Crippen LogP contribution in [0.5, 0.6) is 0 Å². The topological polar surface area (TPSA) is 29.5 Å². The Bertz CT molecular complexity index is 355. The van der Waals surface area contributed by atoms with Crippen molar-refractivity contribution in [2.75, 3.05) is 18.6 Å². The summed E-state index contributed by atoms with van der Waals surface area (Å²) in [5.41, 5.74) is 0.731. The zero-order valence-corrected chi connectivity index (χ0v) is 10.3. The molecule has 0 N–H and O–H groups in total. The average molecular weight is 242 g/mol. The number of rotatable bonds is 4. The third-order valence-electron chi connectivity index (χ3n) is 2.19. The highest BCUT2D eigenvalue weighted by Gasteiger charge is 2.11. The smallest absolute Gasteiger partial charge is 0.414 e. The Hall–Kier alpha value is -1.22. The molecule has 0 unspecified atom stereocenters. The third-order valence-corrected chi connectivity index (χ3v) is 2.43. The molecule has 4 heteroatoms. The average Bonchev–Trinajstić information content (AvgIpc) is 2.28. The minimum absolute atomic E-state index is 0.351. The molecule has 1 amide bonds. The lowest BCUT2D eigenvalue weighted by Crippen LogP contribution is -2.27. The standard InChI is InChI=1S/C12H16ClNO2/c1-3-4-8-16-12(15)14(2)11-7-5-6-10(13)9-11/h5-7,9H,3-4,8H2,1-2H3. The largest absolute Gasteiger partial charge is 0.449 e. The molecule has 16 heavy (non-hydrogen) atoms. The normalized spacial score (nSPS) is 9.94. The Labute approximate surface area is 101 Å². The molecule has 3 nitrogen and oxygen atoms in total. The van der Waals surface area contributed by atoms with Crippen molar-refractivity contribution in [2.45, 2.75) is 19.8 Å². The highest BCUT2D eigenvalue weighted by molar-refractivity contribution is 6.30. The predicted molar refractivity (Wildman–Crippen MR) is 66.1 cm³/mol. The summed E-state index contributed by atoms with van der Waals surface area (Å²) in [4.78, 5) is 13.0. The summed E-state index contributed by atoms with van der Waals surface area (Å²) in [6.07, 6.45) is 1.54. The van der Waals surface area contributed by atoms with Crippen LogP contribution in [-0.2, 0) is 4.74 Å². The fourth-order valence-corrected chi connectivity index (χ4v) is 1.38. The first-order chi connectivity index (χ1) is 7.65. The first-order valence-electron chi connectivity index (χ1n) is 5.31. The van der Waals surface area contributed by atoms with Gasteiger partial charge < -0.3 is 4.74 Å². The molecule has 0 spiro atoms. The minimum Gasteiger partial charge on any atom is -0.449 e. The summed E-state index contributed by atoms with van der Waals surface area (Å²) in [5, 5.41) is 0.603. The number of unbranched alkanes of at least 4 members (excludes halogenated alkanes) is 1. The van der Waals surface area contributed by atoms with E-state index in [1.807, 2.05) is 6.07 Å². The van der Waals surface area contributed by atoms with Gasteiger partial charge in [-0.3, -0.25) is 4.90 Å². The maximum Gasteiger partial charge on any atom is 0.414 e. The van der Waals surface area contributed by atoms with Crippen molar-refractivity contribution in [3.05, 3.63) is 29.3 Å². The van der Waals surface area contributed by atoms with Crippen molar-refractivity contribution in [3.8, 4) is 0 Å². The van der Waals surface area contributed by atoms with Crippen LogP contribution in [0.3, 0.4) is 0 Å². The van der Waals surface area contributed by atoms with Gasteiger partial charge in [-0.2, -0.15) is 0 Å². The molecule has 0 aliphatic heterocycles. The molecule has 1 aromatic rings. The van der Waals surface area contributed by atoms with Crippen LogP contribution in [0.25, 0.3) is 0 Å². The number of anilines is 1. The van der Waals surface area contributed by atoms with E-state index in [4.69, 9.17) is 16.3 Å². The zero-order chi connectivity index (χ0) is 12.0. The molecule has 0 aromatic heterocycles. The molecular weight excluding hydrogens is 226 g/mol. The molecule has 0 saturated carbocycles. The van der Waals surface area contributed by atoms with Gasteiger partial charge in [0.05, 0.1) is 6.61 Å². The number of ether oxygens (including phenoxy) is 1. The monoisotopic (exact) mass is 241 g/mol. The lowest BCUT2D eigenvalue weighted by atomic mass is 10.3. The summed E-state index contributed by atoms with van der Waals surface area (Å²) in [7, 11) is 1.67. The molecule has 0 saturated heterocycles. The van der Waals surface area contributed by atoms with E-state index in [9.17, 15) is 4.79 Å². The van der Waals surface area contributed by atoms with Crippen molar-refractivity contribution in [2.24, 2.45) is 0 Å². The molecule has 0 bridgehead atoms. The van der Waals surface area contributed by atoms with Gasteiger partial charge in [-0.25, -0.2) is 4.79 Å².